The summed E-state index contributed by atoms with van der Waals surface area (Å²) in [4.78, 5) is 3.24. The lowest BCUT2D eigenvalue weighted by molar-refractivity contribution is 0.279. The van der Waals surface area contributed by atoms with E-state index in [0.717, 1.165) is 43.0 Å². The van der Waals surface area contributed by atoms with Crippen LogP contribution in [0.5, 0.6) is 0 Å². The molecule has 0 spiro atoms. The topological polar surface area (TPSA) is 59.7 Å². The average Bonchev–Trinajstić information content (AvgIpc) is 3.18. The quantitative estimate of drug-likeness (QED) is 0.237. The number of aromatic nitrogens is 3. The second-order valence-electron chi connectivity index (χ2n) is 6.20. The summed E-state index contributed by atoms with van der Waals surface area (Å²) in [6.45, 7) is 0.684. The molecule has 2 aromatic carbocycles. The Morgan fingerprint density at radius 2 is 1.76 bits per heavy atom. The number of hydrogen-bond donors (Lipinski definition) is 1. The first-order valence-corrected chi connectivity index (χ1v) is 11.3. The van der Waals surface area contributed by atoms with E-state index < -0.39 is 0 Å². The molecular formula is C21H20N3O2PS2. The molecule has 0 amide bonds. The molecule has 1 unspecified atom stereocenters. The minimum Gasteiger partial charge on any atom is -0.392 e. The Balaban J connectivity index is 1.70. The van der Waals surface area contributed by atoms with E-state index >= 15 is 0 Å². The standard InChI is InChI=1S/C21H20N3O2PS2/c25-14-15-5-1-3-7-18(15)29-16-9-10-20-22-23-21(24(20)13-16)17-6-2-4-8-19(17)28-12-11-26-27/h1-10,13,25H,11-12,14,27H2. The van der Waals surface area contributed by atoms with Crippen molar-refractivity contribution in [2.75, 3.05) is 12.4 Å². The van der Waals surface area contributed by atoms with E-state index in [0.29, 0.717) is 6.61 Å². The molecule has 29 heavy (non-hydrogen) atoms. The van der Waals surface area contributed by atoms with Gasteiger partial charge in [0.1, 0.15) is 0 Å². The number of aliphatic hydroxyl groups excluding tert-OH is 1. The van der Waals surface area contributed by atoms with Gasteiger partial charge in [0.05, 0.1) is 13.2 Å². The van der Waals surface area contributed by atoms with Crippen molar-refractivity contribution in [2.45, 2.75) is 21.3 Å². The van der Waals surface area contributed by atoms with Crippen LogP contribution in [-0.4, -0.2) is 32.1 Å². The summed E-state index contributed by atoms with van der Waals surface area (Å²) < 4.78 is 7.12. The number of benzene rings is 2. The molecule has 0 bridgehead atoms. The zero-order chi connectivity index (χ0) is 20.1. The van der Waals surface area contributed by atoms with E-state index in [9.17, 15) is 5.11 Å². The summed E-state index contributed by atoms with van der Waals surface area (Å²) in [5.74, 6) is 1.67. The van der Waals surface area contributed by atoms with Gasteiger partial charge in [-0.3, -0.25) is 4.40 Å². The molecule has 4 rings (SSSR count). The van der Waals surface area contributed by atoms with Crippen LogP contribution in [0.4, 0.5) is 0 Å². The van der Waals surface area contributed by atoms with Gasteiger partial charge in [0.25, 0.3) is 0 Å². The van der Waals surface area contributed by atoms with Gasteiger partial charge in [0.15, 0.2) is 11.5 Å². The van der Waals surface area contributed by atoms with Crippen molar-refractivity contribution >= 4 is 38.6 Å². The number of thioether (sulfide) groups is 1. The van der Waals surface area contributed by atoms with Crippen LogP contribution in [-0.2, 0) is 11.1 Å². The fourth-order valence-electron chi connectivity index (χ4n) is 2.95. The van der Waals surface area contributed by atoms with Crippen LogP contribution in [0, 0.1) is 0 Å². The minimum absolute atomic E-state index is 0.0217. The van der Waals surface area contributed by atoms with Crippen molar-refractivity contribution in [1.82, 2.24) is 14.6 Å². The van der Waals surface area contributed by atoms with E-state index in [4.69, 9.17) is 4.52 Å². The summed E-state index contributed by atoms with van der Waals surface area (Å²) in [5.41, 5.74) is 2.76. The van der Waals surface area contributed by atoms with Gasteiger partial charge in [-0.25, -0.2) is 0 Å². The average molecular weight is 442 g/mol. The van der Waals surface area contributed by atoms with Crippen LogP contribution in [0.25, 0.3) is 17.0 Å². The van der Waals surface area contributed by atoms with Gasteiger partial charge in [0.2, 0.25) is 0 Å². The van der Waals surface area contributed by atoms with Gasteiger partial charge in [-0.1, -0.05) is 48.2 Å². The third-order valence-electron chi connectivity index (χ3n) is 4.33. The van der Waals surface area contributed by atoms with Crippen LogP contribution >= 0.6 is 33.0 Å². The van der Waals surface area contributed by atoms with Crippen LogP contribution in [0.3, 0.4) is 0 Å². The molecule has 0 aliphatic carbocycles. The molecule has 5 nitrogen and oxygen atoms in total. The summed E-state index contributed by atoms with van der Waals surface area (Å²) in [7, 11) is 2.29. The van der Waals surface area contributed by atoms with Crippen LogP contribution in [0.1, 0.15) is 5.56 Å². The molecule has 0 saturated heterocycles. The molecule has 0 fully saturated rings. The molecule has 2 aromatic heterocycles. The van der Waals surface area contributed by atoms with Crippen molar-refractivity contribution in [2.24, 2.45) is 0 Å². The Morgan fingerprint density at radius 1 is 0.966 bits per heavy atom. The van der Waals surface area contributed by atoms with E-state index in [1.807, 2.05) is 52.9 Å². The normalized spacial score (nSPS) is 11.2. The fourth-order valence-corrected chi connectivity index (χ4v) is 5.09. The van der Waals surface area contributed by atoms with Crippen LogP contribution in [0.15, 0.2) is 81.5 Å². The lowest BCUT2D eigenvalue weighted by Gasteiger charge is -2.09. The van der Waals surface area contributed by atoms with Crippen molar-refractivity contribution in [3.63, 3.8) is 0 Å². The van der Waals surface area contributed by atoms with Crippen molar-refractivity contribution < 1.29 is 9.63 Å². The predicted molar refractivity (Wildman–Crippen MR) is 121 cm³/mol. The number of fused-ring (bicyclic) bond motifs is 1. The van der Waals surface area contributed by atoms with E-state index in [2.05, 4.69) is 38.0 Å². The lowest BCUT2D eigenvalue weighted by Crippen LogP contribution is -1.94. The van der Waals surface area contributed by atoms with E-state index in [1.54, 1.807) is 23.5 Å². The third-order valence-corrected chi connectivity index (χ3v) is 6.70. The zero-order valence-corrected chi connectivity index (χ0v) is 18.4. The van der Waals surface area contributed by atoms with Gasteiger partial charge >= 0.3 is 0 Å². The van der Waals surface area contributed by atoms with Gasteiger partial charge in [-0.15, -0.1) is 22.0 Å². The maximum absolute atomic E-state index is 9.60. The van der Waals surface area contributed by atoms with E-state index in [-0.39, 0.29) is 6.61 Å². The minimum atomic E-state index is 0.0217. The van der Waals surface area contributed by atoms with Gasteiger partial charge in [-0.2, -0.15) is 0 Å². The maximum atomic E-state index is 9.60. The Kier molecular flexibility index (Phi) is 6.85. The van der Waals surface area contributed by atoms with E-state index in [1.165, 1.54) is 0 Å². The Morgan fingerprint density at radius 3 is 2.59 bits per heavy atom. The summed E-state index contributed by atoms with van der Waals surface area (Å²) in [5, 5.41) is 18.4. The van der Waals surface area contributed by atoms with Crippen LogP contribution in [0.2, 0.25) is 0 Å². The molecule has 0 saturated carbocycles. The molecule has 1 atom stereocenters. The summed E-state index contributed by atoms with van der Waals surface area (Å²) >= 11 is 3.36. The maximum Gasteiger partial charge on any atom is 0.169 e. The summed E-state index contributed by atoms with van der Waals surface area (Å²) in [6.07, 6.45) is 2.05. The Bertz CT molecular complexity index is 1120. The second-order valence-corrected chi connectivity index (χ2v) is 8.79. The highest BCUT2D eigenvalue weighted by Crippen LogP contribution is 2.33. The molecule has 2 heterocycles. The molecule has 148 valence electrons. The molecule has 4 aromatic rings. The Labute approximate surface area is 180 Å². The predicted octanol–water partition coefficient (Wildman–Crippen LogP) is 4.94. The highest BCUT2D eigenvalue weighted by atomic mass is 32.2. The van der Waals surface area contributed by atoms with Crippen molar-refractivity contribution in [3.05, 3.63) is 72.4 Å². The molecule has 1 N–H and O–H groups in total. The van der Waals surface area contributed by atoms with Crippen molar-refractivity contribution in [1.29, 1.82) is 0 Å². The van der Waals surface area contributed by atoms with Gasteiger partial charge < -0.3 is 9.63 Å². The largest absolute Gasteiger partial charge is 0.392 e. The monoisotopic (exact) mass is 441 g/mol. The Hall–Kier alpha value is -1.89. The second kappa shape index (κ2) is 9.74. The summed E-state index contributed by atoms with van der Waals surface area (Å²) in [6, 6.07) is 20.1. The third kappa shape index (κ3) is 4.65. The number of rotatable bonds is 8. The lowest BCUT2D eigenvalue weighted by atomic mass is 10.2. The zero-order valence-electron chi connectivity index (χ0n) is 15.6. The first-order valence-electron chi connectivity index (χ1n) is 9.05. The van der Waals surface area contributed by atoms with Crippen LogP contribution < -0.4 is 0 Å². The SMILES string of the molecule is OCc1ccccc1Sc1ccc2nnc(-c3ccccc3SCCOP)n2c1. The molecule has 0 aliphatic rings. The molecule has 0 aliphatic heterocycles. The number of pyridine rings is 1. The fraction of sp³-hybridized carbons (Fsp3) is 0.143. The van der Waals surface area contributed by atoms with Gasteiger partial charge in [-0.05, 0) is 29.8 Å². The molecule has 0 radical (unpaired) electrons. The van der Waals surface area contributed by atoms with Gasteiger partial charge in [0, 0.05) is 41.7 Å². The molecular weight excluding hydrogens is 421 g/mol. The highest BCUT2D eigenvalue weighted by Gasteiger charge is 2.13. The first-order chi connectivity index (χ1) is 14.3. The highest BCUT2D eigenvalue weighted by molar-refractivity contribution is 7.99. The van der Waals surface area contributed by atoms with Crippen molar-refractivity contribution in [3.8, 4) is 11.4 Å². The number of nitrogens with zero attached hydrogens (tertiary/aromatic N) is 3. The first kappa shape index (κ1) is 20.4. The molecule has 8 heteroatoms. The number of aliphatic hydroxyl groups is 1. The number of hydrogen-bond acceptors (Lipinski definition) is 6. The smallest absolute Gasteiger partial charge is 0.169 e.